The lowest BCUT2D eigenvalue weighted by Gasteiger charge is -2.12. The van der Waals surface area contributed by atoms with E-state index in [2.05, 4.69) is 0 Å². The number of anilines is 1. The summed E-state index contributed by atoms with van der Waals surface area (Å²) in [5, 5.41) is 15.1. The van der Waals surface area contributed by atoms with E-state index in [9.17, 15) is 0 Å². The summed E-state index contributed by atoms with van der Waals surface area (Å²) < 4.78 is 0. The molecular formula is C18H19N3. The molecule has 0 unspecified atom stereocenters. The first kappa shape index (κ1) is 14.7. The van der Waals surface area contributed by atoms with Gasteiger partial charge in [-0.05, 0) is 43.2 Å². The van der Waals surface area contributed by atoms with Gasteiger partial charge in [0.25, 0.3) is 0 Å². The van der Waals surface area contributed by atoms with Gasteiger partial charge in [0.2, 0.25) is 0 Å². The zero-order chi connectivity index (χ0) is 15.4. The van der Waals surface area contributed by atoms with Crippen LogP contribution in [0.2, 0.25) is 0 Å². The Morgan fingerprint density at radius 2 is 1.57 bits per heavy atom. The smallest absolute Gasteiger partial charge is 0.0867 e. The Balaban J connectivity index is 0.000000173. The second kappa shape index (κ2) is 6.18. The van der Waals surface area contributed by atoms with Crippen LogP contribution in [0.1, 0.15) is 22.3 Å². The summed E-state index contributed by atoms with van der Waals surface area (Å²) in [6, 6.07) is 13.7. The molecule has 0 saturated heterocycles. The van der Waals surface area contributed by atoms with Crippen LogP contribution in [-0.2, 0) is 0 Å². The van der Waals surface area contributed by atoms with Gasteiger partial charge in [0.15, 0.2) is 0 Å². The largest absolute Gasteiger partial charge is 0.399 e. The molecule has 4 N–H and O–H groups in total. The van der Waals surface area contributed by atoms with Gasteiger partial charge in [-0.15, -0.1) is 0 Å². The zero-order valence-electron chi connectivity index (χ0n) is 12.3. The third-order valence-electron chi connectivity index (χ3n) is 3.22. The maximum atomic E-state index is 7.67. The van der Waals surface area contributed by atoms with Gasteiger partial charge in [-0.3, -0.25) is 10.8 Å². The minimum atomic E-state index is 0.288. The van der Waals surface area contributed by atoms with Gasteiger partial charge >= 0.3 is 0 Å². The number of nitrogens with one attached hydrogen (secondary N) is 2. The van der Waals surface area contributed by atoms with Crippen molar-refractivity contribution in [2.45, 2.75) is 13.8 Å². The predicted octanol–water partition coefficient (Wildman–Crippen LogP) is 3.99. The molecule has 1 aliphatic carbocycles. The molecule has 21 heavy (non-hydrogen) atoms. The zero-order valence-corrected chi connectivity index (χ0v) is 12.3. The Hall–Kier alpha value is -2.68. The Morgan fingerprint density at radius 1 is 0.857 bits per heavy atom. The standard InChI is InChI=1S/C11H10N2.C7H9N/c1-7-2-4-9-8(6-7)3-5-10(12)11(9)13;1-6-3-2-4-7(8)5-6/h2-6,12-13H,1H3;2-5H,8H2,1H3. The van der Waals surface area contributed by atoms with E-state index >= 15 is 0 Å². The second-order valence-corrected chi connectivity index (χ2v) is 5.13. The van der Waals surface area contributed by atoms with Gasteiger partial charge in [-0.1, -0.05) is 42.0 Å². The molecule has 0 heterocycles. The molecule has 2 aromatic carbocycles. The van der Waals surface area contributed by atoms with Crippen molar-refractivity contribution in [2.75, 3.05) is 5.73 Å². The summed E-state index contributed by atoms with van der Waals surface area (Å²) in [6.45, 7) is 4.05. The van der Waals surface area contributed by atoms with E-state index in [1.807, 2.05) is 62.4 Å². The predicted molar refractivity (Wildman–Crippen MR) is 90.4 cm³/mol. The van der Waals surface area contributed by atoms with Crippen molar-refractivity contribution in [1.29, 1.82) is 10.8 Å². The lowest BCUT2D eigenvalue weighted by atomic mass is 9.93. The lowest BCUT2D eigenvalue weighted by molar-refractivity contribution is 1.41. The van der Waals surface area contributed by atoms with E-state index in [0.29, 0.717) is 5.71 Å². The molecule has 0 spiro atoms. The van der Waals surface area contributed by atoms with Gasteiger partial charge in [-0.25, -0.2) is 0 Å². The summed E-state index contributed by atoms with van der Waals surface area (Å²) in [6.07, 6.45) is 3.56. The highest BCUT2D eigenvalue weighted by molar-refractivity contribution is 6.52. The summed E-state index contributed by atoms with van der Waals surface area (Å²) >= 11 is 0. The molecule has 0 amide bonds. The molecule has 0 aliphatic heterocycles. The Labute approximate surface area is 125 Å². The number of benzene rings is 2. The molecule has 3 heteroatoms. The highest BCUT2D eigenvalue weighted by Gasteiger charge is 2.13. The number of allylic oxidation sites excluding steroid dienone is 1. The van der Waals surface area contributed by atoms with Gasteiger partial charge < -0.3 is 5.73 Å². The quantitative estimate of drug-likeness (QED) is 0.626. The van der Waals surface area contributed by atoms with E-state index < -0.39 is 0 Å². The van der Waals surface area contributed by atoms with Crippen LogP contribution in [0, 0.1) is 24.7 Å². The van der Waals surface area contributed by atoms with Crippen LogP contribution in [0.4, 0.5) is 5.69 Å². The lowest BCUT2D eigenvalue weighted by Crippen LogP contribution is -2.15. The fourth-order valence-electron chi connectivity index (χ4n) is 2.12. The molecule has 0 atom stereocenters. The molecule has 3 nitrogen and oxygen atoms in total. The van der Waals surface area contributed by atoms with E-state index in [-0.39, 0.29) is 5.71 Å². The van der Waals surface area contributed by atoms with Crippen LogP contribution >= 0.6 is 0 Å². The maximum Gasteiger partial charge on any atom is 0.0867 e. The maximum absolute atomic E-state index is 7.67. The van der Waals surface area contributed by atoms with Crippen LogP contribution in [0.5, 0.6) is 0 Å². The highest BCUT2D eigenvalue weighted by atomic mass is 14.5. The fraction of sp³-hybridized carbons (Fsp3) is 0.111. The average Bonchev–Trinajstić information content (AvgIpc) is 2.43. The minimum absolute atomic E-state index is 0.288. The monoisotopic (exact) mass is 277 g/mol. The first-order chi connectivity index (χ1) is 9.97. The molecule has 0 saturated carbocycles. The van der Waals surface area contributed by atoms with Crippen LogP contribution in [0.15, 0.2) is 48.5 Å². The summed E-state index contributed by atoms with van der Waals surface area (Å²) in [7, 11) is 0. The van der Waals surface area contributed by atoms with E-state index in [4.69, 9.17) is 16.6 Å². The highest BCUT2D eigenvalue weighted by Crippen LogP contribution is 2.18. The van der Waals surface area contributed by atoms with Crippen molar-refractivity contribution in [3.8, 4) is 0 Å². The van der Waals surface area contributed by atoms with Crippen LogP contribution < -0.4 is 5.73 Å². The van der Waals surface area contributed by atoms with Crippen molar-refractivity contribution in [1.82, 2.24) is 0 Å². The Morgan fingerprint density at radius 3 is 2.19 bits per heavy atom. The molecule has 3 rings (SSSR count). The van der Waals surface area contributed by atoms with Gasteiger partial charge in [0, 0.05) is 11.3 Å². The SMILES string of the molecule is Cc1ccc2c(c1)C=CC(=N)C2=N.Cc1cccc(N)c1. The molecule has 0 bridgehead atoms. The number of nitrogens with two attached hydrogens (primary N) is 1. The van der Waals surface area contributed by atoms with Crippen molar-refractivity contribution in [2.24, 2.45) is 0 Å². The molecule has 0 fully saturated rings. The number of fused-ring (bicyclic) bond motifs is 1. The van der Waals surface area contributed by atoms with Gasteiger partial charge in [0.05, 0.1) is 11.4 Å². The number of nitrogen functional groups attached to an aromatic ring is 1. The van der Waals surface area contributed by atoms with Crippen LogP contribution in [0.3, 0.4) is 0 Å². The minimum Gasteiger partial charge on any atom is -0.399 e. The number of aryl methyl sites for hydroxylation is 2. The number of hydrogen-bond acceptors (Lipinski definition) is 3. The first-order valence-electron chi connectivity index (χ1n) is 6.76. The Kier molecular flexibility index (Phi) is 4.33. The first-order valence-corrected chi connectivity index (χ1v) is 6.76. The Bertz CT molecular complexity index is 710. The van der Waals surface area contributed by atoms with Crippen molar-refractivity contribution >= 4 is 23.2 Å². The molecule has 1 aliphatic rings. The van der Waals surface area contributed by atoms with Crippen LogP contribution in [-0.4, -0.2) is 11.4 Å². The van der Waals surface area contributed by atoms with E-state index in [1.165, 1.54) is 11.1 Å². The summed E-state index contributed by atoms with van der Waals surface area (Å²) in [4.78, 5) is 0. The van der Waals surface area contributed by atoms with Crippen molar-refractivity contribution < 1.29 is 0 Å². The summed E-state index contributed by atoms with van der Waals surface area (Å²) in [5.41, 5.74) is 11.2. The third kappa shape index (κ3) is 3.66. The van der Waals surface area contributed by atoms with Crippen molar-refractivity contribution in [3.63, 3.8) is 0 Å². The van der Waals surface area contributed by atoms with Crippen LogP contribution in [0.25, 0.3) is 6.08 Å². The number of hydrogen-bond donors (Lipinski definition) is 3. The van der Waals surface area contributed by atoms with E-state index in [0.717, 1.165) is 16.8 Å². The number of rotatable bonds is 0. The van der Waals surface area contributed by atoms with E-state index in [1.54, 1.807) is 6.08 Å². The molecule has 106 valence electrons. The third-order valence-corrected chi connectivity index (χ3v) is 3.22. The second-order valence-electron chi connectivity index (χ2n) is 5.13. The van der Waals surface area contributed by atoms with Gasteiger partial charge in [0.1, 0.15) is 0 Å². The average molecular weight is 277 g/mol. The molecule has 2 aromatic rings. The summed E-state index contributed by atoms with van der Waals surface area (Å²) in [5.74, 6) is 0. The fourth-order valence-corrected chi connectivity index (χ4v) is 2.12. The topological polar surface area (TPSA) is 73.7 Å². The molecular weight excluding hydrogens is 258 g/mol. The van der Waals surface area contributed by atoms with Crippen molar-refractivity contribution in [3.05, 3.63) is 70.8 Å². The normalized spacial score (nSPS) is 12.5. The molecule has 0 radical (unpaired) electrons. The molecule has 0 aromatic heterocycles. The van der Waals surface area contributed by atoms with Gasteiger partial charge in [-0.2, -0.15) is 0 Å².